The van der Waals surface area contributed by atoms with Gasteiger partial charge in [0.25, 0.3) is 5.91 Å². The van der Waals surface area contributed by atoms with E-state index < -0.39 is 0 Å². The van der Waals surface area contributed by atoms with Gasteiger partial charge < -0.3 is 9.80 Å². The highest BCUT2D eigenvalue weighted by atomic mass is 79.9. The van der Waals surface area contributed by atoms with Crippen molar-refractivity contribution in [2.75, 3.05) is 24.5 Å². The maximum atomic E-state index is 12.8. The minimum absolute atomic E-state index is 0.0714. The average Bonchev–Trinajstić information content (AvgIpc) is 2.88. The van der Waals surface area contributed by atoms with Gasteiger partial charge in [0, 0.05) is 49.5 Å². The highest BCUT2D eigenvalue weighted by Crippen LogP contribution is 2.33. The monoisotopic (exact) mass is 402 g/mol. The van der Waals surface area contributed by atoms with Crippen molar-refractivity contribution in [2.24, 2.45) is 5.92 Å². The Morgan fingerprint density at radius 1 is 1.12 bits per heavy atom. The quantitative estimate of drug-likeness (QED) is 0.764. The van der Waals surface area contributed by atoms with Crippen LogP contribution in [0.2, 0.25) is 0 Å². The summed E-state index contributed by atoms with van der Waals surface area (Å²) in [6.07, 6.45) is 4.19. The molecule has 2 aromatic heterocycles. The van der Waals surface area contributed by atoms with E-state index in [0.717, 1.165) is 36.8 Å². The predicted molar refractivity (Wildman–Crippen MR) is 96.4 cm³/mol. The SMILES string of the molecule is Cc1cc(C)nc(N2CC3CC2CN(C(=O)c2nccnc2Br)C3)n1. The number of hydrogen-bond acceptors (Lipinski definition) is 6. The fraction of sp³-hybridized carbons (Fsp3) is 0.471. The van der Waals surface area contributed by atoms with E-state index in [2.05, 4.69) is 40.8 Å². The standard InChI is InChI=1S/C17H19BrN6O/c1-10-5-11(2)22-17(21-10)24-8-12-6-13(24)9-23(7-12)16(25)14-15(18)20-4-3-19-14/h3-5,12-13H,6-9H2,1-2H3. The van der Waals surface area contributed by atoms with Crippen LogP contribution in [-0.4, -0.2) is 56.4 Å². The molecule has 1 amide bonds. The van der Waals surface area contributed by atoms with Gasteiger partial charge in [0.2, 0.25) is 5.95 Å². The molecule has 0 aliphatic carbocycles. The summed E-state index contributed by atoms with van der Waals surface area (Å²) in [5, 5.41) is 0. The van der Waals surface area contributed by atoms with Crippen molar-refractivity contribution in [1.29, 1.82) is 0 Å². The van der Waals surface area contributed by atoms with E-state index in [0.29, 0.717) is 22.8 Å². The summed E-state index contributed by atoms with van der Waals surface area (Å²) < 4.78 is 0.493. The van der Waals surface area contributed by atoms with E-state index in [1.165, 1.54) is 0 Å². The second-order valence-corrected chi connectivity index (χ2v) is 7.52. The van der Waals surface area contributed by atoms with Crippen LogP contribution in [0.15, 0.2) is 23.1 Å². The number of aryl methyl sites for hydroxylation is 2. The summed E-state index contributed by atoms with van der Waals surface area (Å²) in [6.45, 7) is 6.26. The number of carbonyl (C=O) groups is 1. The highest BCUT2D eigenvalue weighted by molar-refractivity contribution is 9.10. The molecule has 2 unspecified atom stereocenters. The van der Waals surface area contributed by atoms with Crippen LogP contribution in [0.25, 0.3) is 0 Å². The molecule has 2 saturated heterocycles. The molecule has 2 aromatic rings. The summed E-state index contributed by atoms with van der Waals surface area (Å²) in [4.78, 5) is 34.5. The van der Waals surface area contributed by atoms with Crippen LogP contribution in [0, 0.1) is 19.8 Å². The number of piperidine rings is 1. The molecule has 8 heteroatoms. The minimum atomic E-state index is -0.0714. The summed E-state index contributed by atoms with van der Waals surface area (Å²) in [5.41, 5.74) is 2.32. The molecular weight excluding hydrogens is 384 g/mol. The summed E-state index contributed by atoms with van der Waals surface area (Å²) in [7, 11) is 0. The lowest BCUT2D eigenvalue weighted by Crippen LogP contribution is -2.46. The number of likely N-dealkylation sites (tertiary alicyclic amines) is 1. The highest BCUT2D eigenvalue weighted by Gasteiger charge is 2.41. The van der Waals surface area contributed by atoms with E-state index in [1.807, 2.05) is 24.8 Å². The maximum Gasteiger partial charge on any atom is 0.275 e. The predicted octanol–water partition coefficient (Wildman–Crippen LogP) is 2.00. The van der Waals surface area contributed by atoms with Crippen LogP contribution in [0.5, 0.6) is 0 Å². The Morgan fingerprint density at radius 3 is 2.56 bits per heavy atom. The zero-order chi connectivity index (χ0) is 17.6. The Balaban J connectivity index is 1.56. The van der Waals surface area contributed by atoms with Crippen molar-refractivity contribution in [1.82, 2.24) is 24.8 Å². The van der Waals surface area contributed by atoms with Gasteiger partial charge in [-0.05, 0) is 48.2 Å². The smallest absolute Gasteiger partial charge is 0.275 e. The third kappa shape index (κ3) is 3.10. The lowest BCUT2D eigenvalue weighted by Gasteiger charge is -2.32. The van der Waals surface area contributed by atoms with E-state index >= 15 is 0 Å². The number of amides is 1. The molecule has 4 heterocycles. The van der Waals surface area contributed by atoms with Crippen molar-refractivity contribution in [2.45, 2.75) is 26.3 Å². The molecule has 2 aliphatic rings. The first-order chi connectivity index (χ1) is 12.0. The summed E-state index contributed by atoms with van der Waals surface area (Å²) in [5.74, 6) is 1.14. The normalized spacial score (nSPS) is 22.4. The van der Waals surface area contributed by atoms with Crippen molar-refractivity contribution in [3.05, 3.63) is 40.1 Å². The lowest BCUT2D eigenvalue weighted by molar-refractivity contribution is 0.0686. The molecule has 2 atom stereocenters. The molecule has 25 heavy (non-hydrogen) atoms. The van der Waals surface area contributed by atoms with Crippen molar-refractivity contribution in [3.63, 3.8) is 0 Å². The molecular formula is C17H19BrN6O. The molecule has 0 aromatic carbocycles. The van der Waals surface area contributed by atoms with E-state index in [4.69, 9.17) is 0 Å². The Hall–Kier alpha value is -2.09. The zero-order valence-corrected chi connectivity index (χ0v) is 15.8. The number of nitrogens with zero attached hydrogens (tertiary/aromatic N) is 6. The number of halogens is 1. The van der Waals surface area contributed by atoms with Gasteiger partial charge in [0.15, 0.2) is 5.69 Å². The van der Waals surface area contributed by atoms with Crippen molar-refractivity contribution in [3.8, 4) is 0 Å². The Labute approximate surface area is 154 Å². The number of rotatable bonds is 2. The summed E-state index contributed by atoms with van der Waals surface area (Å²) >= 11 is 3.32. The average molecular weight is 403 g/mol. The van der Waals surface area contributed by atoms with Crippen LogP contribution in [-0.2, 0) is 0 Å². The molecule has 0 N–H and O–H groups in total. The molecule has 4 rings (SSSR count). The second-order valence-electron chi connectivity index (χ2n) is 6.76. The minimum Gasteiger partial charge on any atom is -0.336 e. The third-order valence-electron chi connectivity index (χ3n) is 4.78. The number of fused-ring (bicyclic) bond motifs is 2. The Kier molecular flexibility index (Phi) is 4.15. The topological polar surface area (TPSA) is 75.1 Å². The first kappa shape index (κ1) is 16.4. The second kappa shape index (κ2) is 6.33. The first-order valence-corrected chi connectivity index (χ1v) is 9.15. The molecule has 130 valence electrons. The van der Waals surface area contributed by atoms with Crippen LogP contribution in [0.4, 0.5) is 5.95 Å². The number of carbonyl (C=O) groups excluding carboxylic acids is 1. The van der Waals surface area contributed by atoms with Gasteiger partial charge in [-0.25, -0.2) is 19.9 Å². The zero-order valence-electron chi connectivity index (χ0n) is 14.2. The molecule has 0 spiro atoms. The van der Waals surface area contributed by atoms with E-state index in [-0.39, 0.29) is 11.9 Å². The number of aromatic nitrogens is 4. The number of hydrogen-bond donors (Lipinski definition) is 0. The molecule has 0 saturated carbocycles. The molecule has 2 bridgehead atoms. The van der Waals surface area contributed by atoms with Crippen LogP contribution < -0.4 is 4.90 Å². The van der Waals surface area contributed by atoms with Gasteiger partial charge in [-0.2, -0.15) is 0 Å². The maximum absolute atomic E-state index is 12.8. The molecule has 7 nitrogen and oxygen atoms in total. The van der Waals surface area contributed by atoms with Gasteiger partial charge in [0.05, 0.1) is 0 Å². The summed E-state index contributed by atoms with van der Waals surface area (Å²) in [6, 6.07) is 2.23. The van der Waals surface area contributed by atoms with Crippen LogP contribution in [0.3, 0.4) is 0 Å². The molecule has 2 fully saturated rings. The Morgan fingerprint density at radius 2 is 1.84 bits per heavy atom. The van der Waals surface area contributed by atoms with Crippen LogP contribution in [0.1, 0.15) is 28.3 Å². The fourth-order valence-electron chi connectivity index (χ4n) is 3.82. The third-order valence-corrected chi connectivity index (χ3v) is 5.36. The molecule has 0 radical (unpaired) electrons. The lowest BCUT2D eigenvalue weighted by atomic mass is 10.00. The largest absolute Gasteiger partial charge is 0.336 e. The Bertz CT molecular complexity index is 808. The van der Waals surface area contributed by atoms with E-state index in [1.54, 1.807) is 12.4 Å². The fourth-order valence-corrected chi connectivity index (χ4v) is 4.21. The van der Waals surface area contributed by atoms with E-state index in [9.17, 15) is 4.79 Å². The number of anilines is 1. The van der Waals surface area contributed by atoms with Gasteiger partial charge >= 0.3 is 0 Å². The van der Waals surface area contributed by atoms with Gasteiger partial charge in [-0.1, -0.05) is 0 Å². The van der Waals surface area contributed by atoms with Gasteiger partial charge in [-0.15, -0.1) is 0 Å². The van der Waals surface area contributed by atoms with Crippen molar-refractivity contribution < 1.29 is 4.79 Å². The van der Waals surface area contributed by atoms with Gasteiger partial charge in [-0.3, -0.25) is 4.79 Å². The first-order valence-electron chi connectivity index (χ1n) is 8.36. The molecule has 2 aliphatic heterocycles. The van der Waals surface area contributed by atoms with Crippen LogP contribution >= 0.6 is 15.9 Å². The van der Waals surface area contributed by atoms with Crippen molar-refractivity contribution >= 4 is 27.8 Å². The van der Waals surface area contributed by atoms with Gasteiger partial charge in [0.1, 0.15) is 4.60 Å².